The minimum Gasteiger partial charge on any atom is -0.444 e. The molecule has 0 fully saturated rings. The zero-order valence-electron chi connectivity index (χ0n) is 22.7. The summed E-state index contributed by atoms with van der Waals surface area (Å²) in [4.78, 5) is 41.2. The van der Waals surface area contributed by atoms with Gasteiger partial charge in [0.05, 0.1) is 6.61 Å². The van der Waals surface area contributed by atoms with Gasteiger partial charge < -0.3 is 25.4 Å². The van der Waals surface area contributed by atoms with Crippen LogP contribution in [0.1, 0.15) is 91.3 Å². The van der Waals surface area contributed by atoms with Gasteiger partial charge in [-0.15, -0.1) is 0 Å². The molecule has 1 aromatic rings. The first-order valence-corrected chi connectivity index (χ1v) is 12.5. The van der Waals surface area contributed by atoms with Crippen LogP contribution in [0.3, 0.4) is 0 Å². The van der Waals surface area contributed by atoms with Crippen molar-refractivity contribution < 1.29 is 24.2 Å². The normalized spacial score (nSPS) is 13.5. The lowest BCUT2D eigenvalue weighted by molar-refractivity contribution is -0.144. The van der Waals surface area contributed by atoms with Crippen molar-refractivity contribution in [2.45, 2.75) is 104 Å². The Balaban J connectivity index is 3.42. The highest BCUT2D eigenvalue weighted by atomic mass is 16.6. The summed E-state index contributed by atoms with van der Waals surface area (Å²) >= 11 is 0. The van der Waals surface area contributed by atoms with Crippen LogP contribution >= 0.6 is 0 Å². The van der Waals surface area contributed by atoms with E-state index in [9.17, 15) is 19.5 Å². The van der Waals surface area contributed by atoms with Crippen LogP contribution in [-0.4, -0.2) is 58.2 Å². The van der Waals surface area contributed by atoms with Gasteiger partial charge in [0.1, 0.15) is 17.7 Å². The number of ether oxygens (including phenoxy) is 1. The van der Waals surface area contributed by atoms with E-state index in [2.05, 4.69) is 17.6 Å². The number of nitrogens with one attached hydrogen (secondary N) is 2. The molecule has 8 heteroatoms. The average molecular weight is 492 g/mol. The van der Waals surface area contributed by atoms with Crippen LogP contribution in [0.2, 0.25) is 0 Å². The third kappa shape index (κ3) is 10.7. The van der Waals surface area contributed by atoms with Gasteiger partial charge in [-0.3, -0.25) is 9.59 Å². The minimum absolute atomic E-state index is 0.307. The molecule has 1 rings (SSSR count). The summed E-state index contributed by atoms with van der Waals surface area (Å²) in [5.74, 6) is -0.850. The molecule has 0 spiro atoms. The van der Waals surface area contributed by atoms with Crippen molar-refractivity contribution in [3.63, 3.8) is 0 Å². The molecule has 0 saturated carbocycles. The largest absolute Gasteiger partial charge is 0.444 e. The fourth-order valence-corrected chi connectivity index (χ4v) is 3.69. The predicted molar refractivity (Wildman–Crippen MR) is 138 cm³/mol. The fraction of sp³-hybridized carbons (Fsp3) is 0.667. The highest BCUT2D eigenvalue weighted by Gasteiger charge is 2.37. The molecular formula is C27H45N3O5. The number of carbonyl (C=O) groups excluding carboxylic acids is 3. The summed E-state index contributed by atoms with van der Waals surface area (Å²) < 4.78 is 5.28. The van der Waals surface area contributed by atoms with Crippen LogP contribution in [0.25, 0.3) is 0 Å². The second kappa shape index (κ2) is 13.5. The number of aliphatic hydroxyl groups excluding tert-OH is 1. The second-order valence-corrected chi connectivity index (χ2v) is 11.0. The quantitative estimate of drug-likeness (QED) is 0.401. The molecule has 3 amide bonds. The monoisotopic (exact) mass is 491 g/mol. The first-order valence-electron chi connectivity index (χ1n) is 12.5. The minimum atomic E-state index is -1.25. The van der Waals surface area contributed by atoms with Gasteiger partial charge in [0.25, 0.3) is 0 Å². The molecule has 2 unspecified atom stereocenters. The first-order chi connectivity index (χ1) is 16.2. The van der Waals surface area contributed by atoms with E-state index in [0.29, 0.717) is 18.5 Å². The van der Waals surface area contributed by atoms with Crippen LogP contribution < -0.4 is 10.6 Å². The van der Waals surface area contributed by atoms with Gasteiger partial charge in [-0.1, -0.05) is 50.5 Å². The highest BCUT2D eigenvalue weighted by molar-refractivity contribution is 5.92. The molecule has 8 nitrogen and oxygen atoms in total. The lowest BCUT2D eigenvalue weighted by Gasteiger charge is -2.36. The number of alkyl carbamates (subject to hydrolysis) is 1. The van der Waals surface area contributed by atoms with Gasteiger partial charge in [-0.05, 0) is 66.0 Å². The predicted octanol–water partition coefficient (Wildman–Crippen LogP) is 4.25. The molecular weight excluding hydrogens is 446 g/mol. The Morgan fingerprint density at radius 1 is 1.03 bits per heavy atom. The maximum absolute atomic E-state index is 13.8. The highest BCUT2D eigenvalue weighted by Crippen LogP contribution is 2.27. The molecule has 35 heavy (non-hydrogen) atoms. The summed E-state index contributed by atoms with van der Waals surface area (Å²) in [5, 5.41) is 15.5. The van der Waals surface area contributed by atoms with E-state index in [-0.39, 0.29) is 5.91 Å². The molecule has 1 aromatic carbocycles. The van der Waals surface area contributed by atoms with E-state index in [1.54, 1.807) is 20.8 Å². The molecule has 0 aliphatic rings. The fourth-order valence-electron chi connectivity index (χ4n) is 3.69. The van der Waals surface area contributed by atoms with E-state index in [1.165, 1.54) is 4.90 Å². The summed E-state index contributed by atoms with van der Waals surface area (Å²) in [6.45, 7) is 14.5. The van der Waals surface area contributed by atoms with Gasteiger partial charge in [0.2, 0.25) is 11.8 Å². The van der Waals surface area contributed by atoms with Gasteiger partial charge in [0.15, 0.2) is 0 Å². The zero-order valence-corrected chi connectivity index (χ0v) is 22.7. The number of hydrogen-bond donors (Lipinski definition) is 3. The summed E-state index contributed by atoms with van der Waals surface area (Å²) in [5.41, 5.74) is 0.296. The number of nitrogens with zero attached hydrogens (tertiary/aromatic N) is 1. The molecule has 0 aliphatic carbocycles. The topological polar surface area (TPSA) is 108 Å². The van der Waals surface area contributed by atoms with E-state index >= 15 is 0 Å². The van der Waals surface area contributed by atoms with E-state index in [0.717, 1.165) is 24.8 Å². The molecule has 0 radical (unpaired) electrons. The maximum Gasteiger partial charge on any atom is 0.408 e. The Hall–Kier alpha value is -2.61. The molecule has 0 saturated heterocycles. The first kappa shape index (κ1) is 30.4. The van der Waals surface area contributed by atoms with Crippen LogP contribution in [0.4, 0.5) is 4.79 Å². The number of hydrogen-bond acceptors (Lipinski definition) is 5. The van der Waals surface area contributed by atoms with Crippen LogP contribution in [-0.2, 0) is 14.3 Å². The number of unbranched alkanes of at least 4 members (excludes halogenated alkanes) is 3. The SMILES string of the molecule is CCCCCCN(C(=O)C(CO)NC(=O)OC(C)(C)C)C(C(=O)NC(C)(C)C)c1ccccc1C. The lowest BCUT2D eigenvalue weighted by Crippen LogP contribution is -2.56. The molecule has 0 aliphatic heterocycles. The standard InChI is InChI=1S/C27H45N3O5/c1-9-10-11-14-17-30(24(33)21(18-31)28-25(34)35-27(6,7)8)22(23(32)29-26(3,4)5)20-16-13-12-15-19(20)2/h12-13,15-16,21-22,31H,9-11,14,17-18H2,1-8H3,(H,28,34)(H,29,32). The van der Waals surface area contributed by atoms with Crippen molar-refractivity contribution in [1.82, 2.24) is 15.5 Å². The molecule has 0 heterocycles. The molecule has 3 N–H and O–H groups in total. The van der Waals surface area contributed by atoms with Crippen molar-refractivity contribution in [3.8, 4) is 0 Å². The van der Waals surface area contributed by atoms with Crippen molar-refractivity contribution in [2.75, 3.05) is 13.2 Å². The third-order valence-electron chi connectivity index (χ3n) is 5.25. The van der Waals surface area contributed by atoms with Gasteiger partial charge in [-0.2, -0.15) is 0 Å². The Bertz CT molecular complexity index is 842. The average Bonchev–Trinajstić information content (AvgIpc) is 2.72. The molecule has 0 aromatic heterocycles. The van der Waals surface area contributed by atoms with Crippen LogP contribution in [0, 0.1) is 6.92 Å². The molecule has 198 valence electrons. The third-order valence-corrected chi connectivity index (χ3v) is 5.25. The van der Waals surface area contributed by atoms with Gasteiger partial charge in [-0.25, -0.2) is 4.79 Å². The molecule has 2 atom stereocenters. The maximum atomic E-state index is 13.8. The second-order valence-electron chi connectivity index (χ2n) is 11.0. The van der Waals surface area contributed by atoms with Crippen molar-refractivity contribution in [3.05, 3.63) is 35.4 Å². The van der Waals surface area contributed by atoms with Gasteiger partial charge >= 0.3 is 6.09 Å². The van der Waals surface area contributed by atoms with Crippen LogP contribution in [0.5, 0.6) is 0 Å². The Morgan fingerprint density at radius 2 is 1.66 bits per heavy atom. The van der Waals surface area contributed by atoms with Crippen molar-refractivity contribution in [1.29, 1.82) is 0 Å². The summed E-state index contributed by atoms with van der Waals surface area (Å²) in [6.07, 6.45) is 2.81. The summed E-state index contributed by atoms with van der Waals surface area (Å²) in [6, 6.07) is 5.29. The molecule has 0 bridgehead atoms. The van der Waals surface area contributed by atoms with Crippen molar-refractivity contribution in [2.24, 2.45) is 0 Å². The van der Waals surface area contributed by atoms with E-state index in [1.807, 2.05) is 52.0 Å². The summed E-state index contributed by atoms with van der Waals surface area (Å²) in [7, 11) is 0. The number of amides is 3. The van der Waals surface area contributed by atoms with E-state index in [4.69, 9.17) is 4.74 Å². The van der Waals surface area contributed by atoms with Gasteiger partial charge in [0, 0.05) is 12.1 Å². The Morgan fingerprint density at radius 3 is 2.17 bits per heavy atom. The van der Waals surface area contributed by atoms with Crippen LogP contribution in [0.15, 0.2) is 24.3 Å². The number of rotatable bonds is 11. The number of benzene rings is 1. The van der Waals surface area contributed by atoms with Crippen molar-refractivity contribution >= 4 is 17.9 Å². The Labute approximate surface area is 210 Å². The smallest absolute Gasteiger partial charge is 0.408 e. The zero-order chi connectivity index (χ0) is 26.8. The lowest BCUT2D eigenvalue weighted by atomic mass is 9.96. The number of carbonyl (C=O) groups is 3. The number of aryl methyl sites for hydroxylation is 1. The van der Waals surface area contributed by atoms with E-state index < -0.39 is 41.8 Å². The number of aliphatic hydroxyl groups is 1. The Kier molecular flexibility index (Phi) is 11.7.